The van der Waals surface area contributed by atoms with E-state index in [2.05, 4.69) is 0 Å². The summed E-state index contributed by atoms with van der Waals surface area (Å²) in [5.41, 5.74) is 1.64. The van der Waals surface area contributed by atoms with E-state index in [1.165, 1.54) is 13.2 Å². The number of benzene rings is 3. The van der Waals surface area contributed by atoms with Gasteiger partial charge < -0.3 is 14.4 Å². The van der Waals surface area contributed by atoms with Gasteiger partial charge in [-0.1, -0.05) is 42.5 Å². The minimum atomic E-state index is -0.139. The van der Waals surface area contributed by atoms with Crippen molar-refractivity contribution in [2.24, 2.45) is 0 Å². The maximum Gasteiger partial charge on any atom is 0.250 e. The minimum absolute atomic E-state index is 0.0557. The van der Waals surface area contributed by atoms with E-state index in [9.17, 15) is 4.79 Å². The Labute approximate surface area is 164 Å². The van der Waals surface area contributed by atoms with Crippen molar-refractivity contribution in [2.45, 2.75) is 0 Å². The highest BCUT2D eigenvalue weighted by Gasteiger charge is 2.11. The van der Waals surface area contributed by atoms with Crippen molar-refractivity contribution in [2.75, 3.05) is 25.7 Å². The Balaban J connectivity index is 1.80. The number of amides is 1. The number of hydrogen-bond donors (Lipinski definition) is 0. The fourth-order valence-electron chi connectivity index (χ4n) is 2.92. The third-order valence-corrected chi connectivity index (χ3v) is 4.36. The number of ether oxygens (including phenoxy) is 2. The highest BCUT2D eigenvalue weighted by atomic mass is 16.5. The SMILES string of the molecule is COc1cc(C=CC(=O)N(C)c2cccc3ccccc23)ccc1OCC#N. The molecule has 0 aromatic heterocycles. The molecule has 0 saturated heterocycles. The van der Waals surface area contributed by atoms with Crippen molar-refractivity contribution in [3.63, 3.8) is 0 Å². The maximum atomic E-state index is 12.7. The quantitative estimate of drug-likeness (QED) is 0.601. The normalized spacial score (nSPS) is 10.6. The molecule has 0 radical (unpaired) electrons. The highest BCUT2D eigenvalue weighted by Crippen LogP contribution is 2.29. The number of carbonyl (C=O) groups excluding carboxylic acids is 1. The van der Waals surface area contributed by atoms with E-state index < -0.39 is 0 Å². The zero-order valence-corrected chi connectivity index (χ0v) is 15.8. The van der Waals surface area contributed by atoms with Gasteiger partial charge in [-0.25, -0.2) is 0 Å². The average Bonchev–Trinajstić information content (AvgIpc) is 2.75. The molecule has 3 aromatic carbocycles. The molecule has 5 nitrogen and oxygen atoms in total. The molecular formula is C23H20N2O3. The summed E-state index contributed by atoms with van der Waals surface area (Å²) < 4.78 is 10.6. The van der Waals surface area contributed by atoms with Gasteiger partial charge in [0.15, 0.2) is 18.1 Å². The molecule has 0 fully saturated rings. The van der Waals surface area contributed by atoms with Gasteiger partial charge in [0.1, 0.15) is 6.07 Å². The number of hydrogen-bond acceptors (Lipinski definition) is 4. The molecule has 0 atom stereocenters. The lowest BCUT2D eigenvalue weighted by molar-refractivity contribution is -0.113. The highest BCUT2D eigenvalue weighted by molar-refractivity contribution is 6.08. The Hall–Kier alpha value is -3.78. The molecule has 5 heteroatoms. The third-order valence-electron chi connectivity index (χ3n) is 4.36. The van der Waals surface area contributed by atoms with Gasteiger partial charge in [0.05, 0.1) is 12.8 Å². The van der Waals surface area contributed by atoms with Crippen LogP contribution in [0.3, 0.4) is 0 Å². The van der Waals surface area contributed by atoms with Crippen molar-refractivity contribution in [3.8, 4) is 17.6 Å². The molecule has 0 aliphatic carbocycles. The van der Waals surface area contributed by atoms with Crippen molar-refractivity contribution in [1.82, 2.24) is 0 Å². The summed E-state index contributed by atoms with van der Waals surface area (Å²) in [5.74, 6) is 0.854. The van der Waals surface area contributed by atoms with Crippen LogP contribution < -0.4 is 14.4 Å². The molecule has 3 aromatic rings. The molecule has 0 unspecified atom stereocenters. The lowest BCUT2D eigenvalue weighted by Gasteiger charge is -2.17. The van der Waals surface area contributed by atoms with Crippen LogP contribution in [0.25, 0.3) is 16.8 Å². The van der Waals surface area contributed by atoms with Gasteiger partial charge in [-0.2, -0.15) is 5.26 Å². The maximum absolute atomic E-state index is 12.7. The molecule has 0 bridgehead atoms. The van der Waals surface area contributed by atoms with E-state index >= 15 is 0 Å². The molecule has 0 heterocycles. The standard InChI is InChI=1S/C23H20N2O3/c1-25(20-9-5-7-18-6-3-4-8-19(18)20)23(26)13-11-17-10-12-21(28-15-14-24)22(16-17)27-2/h3-13,16H,15H2,1-2H3. The summed E-state index contributed by atoms with van der Waals surface area (Å²) in [6, 6.07) is 21.1. The molecule has 1 amide bonds. The summed E-state index contributed by atoms with van der Waals surface area (Å²) in [5, 5.41) is 10.7. The molecule has 28 heavy (non-hydrogen) atoms. The van der Waals surface area contributed by atoms with Crippen LogP contribution in [0.5, 0.6) is 11.5 Å². The number of nitriles is 1. The number of carbonyl (C=O) groups is 1. The predicted molar refractivity (Wildman–Crippen MR) is 110 cm³/mol. The van der Waals surface area contributed by atoms with E-state index in [0.29, 0.717) is 11.5 Å². The smallest absolute Gasteiger partial charge is 0.250 e. The van der Waals surface area contributed by atoms with Gasteiger partial charge in [0, 0.05) is 18.5 Å². The lowest BCUT2D eigenvalue weighted by Crippen LogP contribution is -2.24. The van der Waals surface area contributed by atoms with Crippen LogP contribution >= 0.6 is 0 Å². The topological polar surface area (TPSA) is 62.6 Å². The first-order valence-electron chi connectivity index (χ1n) is 8.75. The Morgan fingerprint density at radius 3 is 2.68 bits per heavy atom. The number of nitrogens with zero attached hydrogens (tertiary/aromatic N) is 2. The summed E-state index contributed by atoms with van der Waals surface area (Å²) in [6.45, 7) is -0.0557. The molecular weight excluding hydrogens is 352 g/mol. The number of anilines is 1. The van der Waals surface area contributed by atoms with Crippen LogP contribution in [0, 0.1) is 11.3 Å². The van der Waals surface area contributed by atoms with Gasteiger partial charge in [-0.15, -0.1) is 0 Å². The minimum Gasteiger partial charge on any atom is -0.493 e. The molecule has 0 aliphatic heterocycles. The first kappa shape index (κ1) is 19.0. The molecule has 140 valence electrons. The first-order valence-corrected chi connectivity index (χ1v) is 8.75. The van der Waals surface area contributed by atoms with Crippen LogP contribution in [-0.2, 0) is 4.79 Å². The van der Waals surface area contributed by atoms with Gasteiger partial charge >= 0.3 is 0 Å². The lowest BCUT2D eigenvalue weighted by atomic mass is 10.1. The number of rotatable bonds is 6. The van der Waals surface area contributed by atoms with Crippen LogP contribution in [-0.4, -0.2) is 26.7 Å². The van der Waals surface area contributed by atoms with Gasteiger partial charge in [-0.05, 0) is 35.2 Å². The Morgan fingerprint density at radius 2 is 1.89 bits per heavy atom. The summed E-state index contributed by atoms with van der Waals surface area (Å²) in [6.07, 6.45) is 3.24. The Kier molecular flexibility index (Phi) is 5.93. The monoisotopic (exact) mass is 372 g/mol. The summed E-state index contributed by atoms with van der Waals surface area (Å²) in [4.78, 5) is 14.3. The number of methoxy groups -OCH3 is 1. The Morgan fingerprint density at radius 1 is 1.11 bits per heavy atom. The van der Waals surface area contributed by atoms with Gasteiger partial charge in [-0.3, -0.25) is 4.79 Å². The predicted octanol–water partition coefficient (Wildman–Crippen LogP) is 4.43. The number of fused-ring (bicyclic) bond motifs is 1. The first-order chi connectivity index (χ1) is 13.6. The zero-order chi connectivity index (χ0) is 19.9. The van der Waals surface area contributed by atoms with Crippen molar-refractivity contribution < 1.29 is 14.3 Å². The largest absolute Gasteiger partial charge is 0.493 e. The summed E-state index contributed by atoms with van der Waals surface area (Å²) in [7, 11) is 3.29. The van der Waals surface area contributed by atoms with Crippen LogP contribution in [0.15, 0.2) is 66.7 Å². The van der Waals surface area contributed by atoms with Crippen LogP contribution in [0.4, 0.5) is 5.69 Å². The fourth-order valence-corrected chi connectivity index (χ4v) is 2.92. The van der Waals surface area contributed by atoms with Crippen LogP contribution in [0.1, 0.15) is 5.56 Å². The molecule has 0 spiro atoms. The van der Waals surface area contributed by atoms with Gasteiger partial charge in [0.25, 0.3) is 5.91 Å². The molecule has 0 N–H and O–H groups in total. The van der Waals surface area contributed by atoms with Crippen molar-refractivity contribution >= 4 is 28.4 Å². The van der Waals surface area contributed by atoms with E-state index in [-0.39, 0.29) is 12.5 Å². The second kappa shape index (κ2) is 8.74. The number of likely N-dealkylation sites (N-methyl/N-ethyl adjacent to an activating group) is 1. The van der Waals surface area contributed by atoms with E-state index in [0.717, 1.165) is 22.0 Å². The molecule has 3 rings (SSSR count). The van der Waals surface area contributed by atoms with Crippen molar-refractivity contribution in [3.05, 3.63) is 72.3 Å². The fraction of sp³-hybridized carbons (Fsp3) is 0.130. The van der Waals surface area contributed by atoms with Crippen molar-refractivity contribution in [1.29, 1.82) is 5.26 Å². The van der Waals surface area contributed by atoms with E-state index in [1.54, 1.807) is 36.2 Å². The van der Waals surface area contributed by atoms with E-state index in [1.807, 2.05) is 48.5 Å². The summed E-state index contributed by atoms with van der Waals surface area (Å²) >= 11 is 0. The second-order valence-corrected chi connectivity index (χ2v) is 6.09. The van der Waals surface area contributed by atoms with Crippen LogP contribution in [0.2, 0.25) is 0 Å². The molecule has 0 saturated carbocycles. The zero-order valence-electron chi connectivity index (χ0n) is 15.8. The molecule has 0 aliphatic rings. The van der Waals surface area contributed by atoms with E-state index in [4.69, 9.17) is 14.7 Å². The Bertz CT molecular complexity index is 1060. The second-order valence-electron chi connectivity index (χ2n) is 6.09. The van der Waals surface area contributed by atoms with Gasteiger partial charge in [0.2, 0.25) is 0 Å². The average molecular weight is 372 g/mol. The third kappa shape index (κ3) is 4.13.